The third-order valence-electron chi connectivity index (χ3n) is 27.3. The summed E-state index contributed by atoms with van der Waals surface area (Å²) in [5.74, 6) is 9.42. The standard InChI is InChI=1S/C54H33N9.C42H27N9.C27H21N9/c1-2-15-37-33-41(26-25-34(37)12-1)61-49(58-44-20-9-27-55-52(44)61)38-30-39(50-59-45-21-10-28-56-53(45)62(50)47-23-7-16-35-13-3-5-18-42(35)47)32-40(31-38)51-60-46-22-11-29-57-54(46)63(51)48-24-8-17-36-14-4-6-19-43(36)48;1-4-16-28(17-5-1)37-43-31-22-10-13-25-34(31)49(37)40-46-41(50-35-26-14-11-23-32(35)44-38(50)29-18-6-2-7-19-29)48-42(47-40)51-36-27-15-12-24-33(36)45-39(51)30-20-8-3-9-21-30;1-16-28-19-10-4-7-13-22(19)34(16)25-31-26(35-17(2)29-20-11-5-8-14-23(20)35)33-27(32-25)36-18(3)30-21-12-6-9-15-24(21)36/h1-33H;1-27H;4-15H,1-3H3. The minimum Gasteiger partial charge on any atom is -0.277 e. The van der Waals surface area contributed by atoms with Crippen LogP contribution in [-0.4, -0.2) is 131 Å². The number of benzene rings is 16. The summed E-state index contributed by atoms with van der Waals surface area (Å²) in [4.78, 5) is 91.1. The van der Waals surface area contributed by atoms with Gasteiger partial charge >= 0.3 is 0 Å². The minimum atomic E-state index is 0.413. The van der Waals surface area contributed by atoms with Crippen molar-refractivity contribution in [3.63, 3.8) is 0 Å². The largest absolute Gasteiger partial charge is 0.277 e. The van der Waals surface area contributed by atoms with Gasteiger partial charge < -0.3 is 0 Å². The van der Waals surface area contributed by atoms with Crippen LogP contribution in [0.3, 0.4) is 0 Å². The molecule has 30 aromatic rings. The maximum atomic E-state index is 5.38. The van der Waals surface area contributed by atoms with E-state index in [0.717, 1.165) is 235 Å². The molecule has 0 amide bonds. The number of imidazole rings is 9. The molecule has 0 unspecified atom stereocenters. The normalized spacial score (nSPS) is 11.7. The van der Waals surface area contributed by atoms with E-state index in [1.807, 2.05) is 303 Å². The van der Waals surface area contributed by atoms with Gasteiger partial charge in [-0.25, -0.2) is 59.8 Å². The Kier molecular flexibility index (Phi) is 20.8. The van der Waals surface area contributed by atoms with Gasteiger partial charge in [0.2, 0.25) is 35.7 Å². The zero-order chi connectivity index (χ0) is 99.5. The van der Waals surface area contributed by atoms with E-state index in [0.29, 0.717) is 35.7 Å². The lowest BCUT2D eigenvalue weighted by Gasteiger charge is -2.16. The third-order valence-corrected chi connectivity index (χ3v) is 27.3. The fourth-order valence-corrected chi connectivity index (χ4v) is 20.7. The Morgan fingerprint density at radius 1 is 0.160 bits per heavy atom. The van der Waals surface area contributed by atoms with Crippen LogP contribution in [0, 0.1) is 20.8 Å². The molecule has 14 heterocycles. The van der Waals surface area contributed by atoms with Gasteiger partial charge in [0.25, 0.3) is 0 Å². The number of hydrogen-bond acceptors (Lipinski definition) is 18. The molecular formula is C123H81N27. The lowest BCUT2D eigenvalue weighted by Crippen LogP contribution is -2.15. The number of hydrogen-bond donors (Lipinski definition) is 0. The molecule has 708 valence electrons. The fraction of sp³-hybridized carbons (Fsp3) is 0.0244. The first-order valence-corrected chi connectivity index (χ1v) is 49.2. The molecule has 0 saturated heterocycles. The van der Waals surface area contributed by atoms with Gasteiger partial charge in [-0.2, -0.15) is 29.9 Å². The maximum Gasteiger partial charge on any atom is 0.242 e. The summed E-state index contributed by atoms with van der Waals surface area (Å²) in [5, 5.41) is 6.72. The summed E-state index contributed by atoms with van der Waals surface area (Å²) in [6.45, 7) is 5.87. The van der Waals surface area contributed by atoms with Crippen LogP contribution in [0.5, 0.6) is 0 Å². The fourth-order valence-electron chi connectivity index (χ4n) is 20.7. The Balaban J connectivity index is 0.000000112. The van der Waals surface area contributed by atoms with Crippen molar-refractivity contribution in [2.45, 2.75) is 20.8 Å². The molecular weight excluding hydrogens is 1860 g/mol. The quantitative estimate of drug-likeness (QED) is 0.0922. The van der Waals surface area contributed by atoms with Crippen LogP contribution in [0.15, 0.2) is 437 Å². The van der Waals surface area contributed by atoms with Crippen molar-refractivity contribution in [1.82, 2.24) is 131 Å². The monoisotopic (exact) mass is 1940 g/mol. The summed E-state index contributed by atoms with van der Waals surface area (Å²) < 4.78 is 18.5. The Morgan fingerprint density at radius 2 is 0.413 bits per heavy atom. The van der Waals surface area contributed by atoms with E-state index >= 15 is 0 Å². The van der Waals surface area contributed by atoms with E-state index in [9.17, 15) is 0 Å². The van der Waals surface area contributed by atoms with Gasteiger partial charge in [-0.1, -0.05) is 267 Å². The van der Waals surface area contributed by atoms with Crippen molar-refractivity contribution >= 4 is 132 Å². The average molecular weight is 1940 g/mol. The number of nitrogens with zero attached hydrogens (tertiary/aromatic N) is 27. The van der Waals surface area contributed by atoms with Gasteiger partial charge in [-0.05, 0) is 194 Å². The number of fused-ring (bicyclic) bond motifs is 12. The smallest absolute Gasteiger partial charge is 0.242 e. The highest BCUT2D eigenvalue weighted by Crippen LogP contribution is 2.43. The second-order valence-electron chi connectivity index (χ2n) is 36.5. The van der Waals surface area contributed by atoms with Crippen molar-refractivity contribution in [2.24, 2.45) is 0 Å². The summed E-state index contributed by atoms with van der Waals surface area (Å²) in [6, 6.07) is 141. The molecule has 16 aromatic carbocycles. The van der Waals surface area contributed by atoms with Crippen LogP contribution >= 0.6 is 0 Å². The van der Waals surface area contributed by atoms with Crippen molar-refractivity contribution in [2.75, 3.05) is 0 Å². The van der Waals surface area contributed by atoms with E-state index in [2.05, 4.69) is 196 Å². The van der Waals surface area contributed by atoms with Crippen molar-refractivity contribution < 1.29 is 0 Å². The molecule has 0 N–H and O–H groups in total. The van der Waals surface area contributed by atoms with Gasteiger partial charge in [-0.3, -0.25) is 41.1 Å². The molecule has 30 rings (SSSR count). The minimum absolute atomic E-state index is 0.413. The van der Waals surface area contributed by atoms with Gasteiger partial charge in [0, 0.05) is 68.4 Å². The van der Waals surface area contributed by atoms with E-state index < -0.39 is 0 Å². The van der Waals surface area contributed by atoms with Crippen LogP contribution in [0.4, 0.5) is 0 Å². The highest BCUT2D eigenvalue weighted by atomic mass is 15.4. The number of rotatable bonds is 15. The summed E-state index contributed by atoms with van der Waals surface area (Å²) in [6.07, 6.45) is 5.48. The lowest BCUT2D eigenvalue weighted by molar-refractivity contribution is 0.788. The lowest BCUT2D eigenvalue weighted by atomic mass is 10.0. The van der Waals surface area contributed by atoms with E-state index in [1.54, 1.807) is 0 Å². The molecule has 0 aliphatic rings. The zero-order valence-corrected chi connectivity index (χ0v) is 80.6. The molecule has 14 aromatic heterocycles. The number of aromatic nitrogens is 27. The Bertz CT molecular complexity index is 9840. The van der Waals surface area contributed by atoms with Crippen molar-refractivity contribution in [3.8, 4) is 121 Å². The molecule has 150 heavy (non-hydrogen) atoms. The molecule has 0 spiro atoms. The predicted octanol–water partition coefficient (Wildman–Crippen LogP) is 26.1. The number of pyridine rings is 3. The molecule has 0 aliphatic carbocycles. The first-order valence-electron chi connectivity index (χ1n) is 49.2. The van der Waals surface area contributed by atoms with Crippen LogP contribution in [0.1, 0.15) is 17.5 Å². The van der Waals surface area contributed by atoms with E-state index in [1.165, 1.54) is 0 Å². The van der Waals surface area contributed by atoms with Gasteiger partial charge in [0.1, 0.15) is 69.0 Å². The van der Waals surface area contributed by atoms with Crippen molar-refractivity contribution in [3.05, 3.63) is 455 Å². The third kappa shape index (κ3) is 14.9. The van der Waals surface area contributed by atoms with Crippen LogP contribution in [0.25, 0.3) is 253 Å². The van der Waals surface area contributed by atoms with Crippen LogP contribution < -0.4 is 0 Å². The number of para-hydroxylation sites is 12. The van der Waals surface area contributed by atoms with Crippen LogP contribution in [-0.2, 0) is 0 Å². The second kappa shape index (κ2) is 35.8. The summed E-state index contributed by atoms with van der Waals surface area (Å²) in [7, 11) is 0. The SMILES string of the molecule is Cc1nc2ccccc2n1-c1nc(-n2c(C)nc3ccccc32)nc(-n2c(C)nc3ccccc32)n1.c1ccc(-c2nc3ccccc3n2-c2nc(-n3c(-c4ccccc4)nc4ccccc43)nc(-n3c(-c4ccccc4)nc4ccccc43)n2)cc1.c1ccc2cc(-n3c(-c4cc(-c5nc6cccnc6n5-c5cccc6ccccc56)cc(-c5nc6cccnc6n5-c5cccc6ccccc56)c4)nc4cccnc43)ccc2c1. The molecule has 0 saturated carbocycles. The van der Waals surface area contributed by atoms with Crippen molar-refractivity contribution in [1.29, 1.82) is 0 Å². The summed E-state index contributed by atoms with van der Waals surface area (Å²) in [5.41, 5.74) is 23.5. The zero-order valence-electron chi connectivity index (χ0n) is 80.6. The predicted molar refractivity (Wildman–Crippen MR) is 590 cm³/mol. The molecule has 0 fully saturated rings. The summed E-state index contributed by atoms with van der Waals surface area (Å²) >= 11 is 0. The number of aryl methyl sites for hydroxylation is 3. The average Bonchev–Trinajstić information content (AvgIpc) is 1.59. The Labute approximate surface area is 853 Å². The molecule has 0 atom stereocenters. The van der Waals surface area contributed by atoms with E-state index in [-0.39, 0.29) is 0 Å². The van der Waals surface area contributed by atoms with Gasteiger partial charge in [-0.15, -0.1) is 0 Å². The topological polar surface area (TPSA) is 276 Å². The molecule has 0 bridgehead atoms. The van der Waals surface area contributed by atoms with E-state index in [4.69, 9.17) is 89.7 Å². The van der Waals surface area contributed by atoms with Gasteiger partial charge in [0.15, 0.2) is 16.9 Å². The first-order chi connectivity index (χ1) is 74.1. The highest BCUT2D eigenvalue weighted by Gasteiger charge is 2.31. The van der Waals surface area contributed by atoms with Gasteiger partial charge in [0.05, 0.1) is 77.6 Å². The Morgan fingerprint density at radius 3 is 0.767 bits per heavy atom. The second-order valence-corrected chi connectivity index (χ2v) is 36.5. The highest BCUT2D eigenvalue weighted by molar-refractivity contribution is 5.99. The Hall–Kier alpha value is -21.0. The molecule has 27 nitrogen and oxygen atoms in total. The first kappa shape index (κ1) is 86.8. The molecule has 27 heteroatoms. The molecule has 0 aliphatic heterocycles. The maximum absolute atomic E-state index is 5.38. The van der Waals surface area contributed by atoms with Crippen LogP contribution in [0.2, 0.25) is 0 Å². The molecule has 0 radical (unpaired) electrons.